The van der Waals surface area contributed by atoms with E-state index in [9.17, 15) is 8.78 Å². The normalized spacial score (nSPS) is 10.9. The van der Waals surface area contributed by atoms with Gasteiger partial charge in [-0.05, 0) is 24.6 Å². The molecule has 0 unspecified atom stereocenters. The maximum absolute atomic E-state index is 13.6. The van der Waals surface area contributed by atoms with Gasteiger partial charge >= 0.3 is 0 Å². The monoisotopic (exact) mass is 347 g/mol. The lowest BCUT2D eigenvalue weighted by molar-refractivity contribution is 0.565. The Hall–Kier alpha value is -1.72. The van der Waals surface area contributed by atoms with E-state index in [1.807, 2.05) is 5.38 Å². The maximum atomic E-state index is 13.6. The number of hydrogen-bond donors (Lipinski definition) is 0. The van der Waals surface area contributed by atoms with Gasteiger partial charge in [-0.2, -0.15) is 0 Å². The van der Waals surface area contributed by atoms with E-state index >= 15 is 0 Å². The Kier molecular flexibility index (Phi) is 5.08. The molecule has 3 aromatic rings. The van der Waals surface area contributed by atoms with E-state index in [0.717, 1.165) is 23.2 Å². The Labute approximate surface area is 142 Å². The molecule has 0 fully saturated rings. The Morgan fingerprint density at radius 2 is 1.87 bits per heavy atom. The Bertz CT molecular complexity index is 797. The minimum Gasteiger partial charge on any atom is -0.245 e. The summed E-state index contributed by atoms with van der Waals surface area (Å²) < 4.78 is 26.5. The molecule has 0 saturated carbocycles. The summed E-state index contributed by atoms with van der Waals surface area (Å²) in [4.78, 5) is 5.04. The van der Waals surface area contributed by atoms with E-state index < -0.39 is 11.6 Å². The first-order valence-electron chi connectivity index (χ1n) is 7.17. The van der Waals surface area contributed by atoms with Crippen LogP contribution < -0.4 is 0 Å². The Balaban J connectivity index is 1.62. The summed E-state index contributed by atoms with van der Waals surface area (Å²) in [5, 5.41) is 3.04. The summed E-state index contributed by atoms with van der Waals surface area (Å²) in [6, 6.07) is 12.1. The number of rotatable bonds is 5. The van der Waals surface area contributed by atoms with E-state index in [1.54, 1.807) is 11.3 Å². The molecule has 118 valence electrons. The van der Waals surface area contributed by atoms with E-state index in [4.69, 9.17) is 0 Å². The van der Waals surface area contributed by atoms with Crippen molar-refractivity contribution < 1.29 is 8.78 Å². The molecule has 5 heteroatoms. The van der Waals surface area contributed by atoms with Crippen molar-refractivity contribution in [1.82, 2.24) is 4.98 Å². The van der Waals surface area contributed by atoms with Gasteiger partial charge in [0.15, 0.2) is 0 Å². The highest BCUT2D eigenvalue weighted by Crippen LogP contribution is 2.27. The minimum absolute atomic E-state index is 0.444. The molecule has 0 radical (unpaired) electrons. The number of aryl methyl sites for hydroxylation is 1. The summed E-state index contributed by atoms with van der Waals surface area (Å²) in [5.74, 6) is -0.501. The first-order chi connectivity index (χ1) is 11.1. The molecule has 1 aromatic heterocycles. The van der Waals surface area contributed by atoms with E-state index in [-0.39, 0.29) is 0 Å². The molecule has 0 atom stereocenters. The van der Waals surface area contributed by atoms with Gasteiger partial charge in [0.1, 0.15) is 11.6 Å². The fourth-order valence-corrected chi connectivity index (χ4v) is 3.87. The number of benzene rings is 2. The standard InChI is InChI=1S/C18H15F2NS2/c1-12-2-4-13(5-3-12)8-18-21-15(11-23-18)10-22-17-7-6-14(19)9-16(17)20/h2-7,9,11H,8,10H2,1H3. The Morgan fingerprint density at radius 3 is 2.61 bits per heavy atom. The van der Waals surface area contributed by atoms with Gasteiger partial charge in [0.05, 0.1) is 10.7 Å². The molecular weight excluding hydrogens is 332 g/mol. The molecule has 0 spiro atoms. The van der Waals surface area contributed by atoms with Gasteiger partial charge in [-0.15, -0.1) is 23.1 Å². The molecule has 0 amide bonds. The average Bonchev–Trinajstić information content (AvgIpc) is 2.96. The summed E-state index contributed by atoms with van der Waals surface area (Å²) in [6.07, 6.45) is 0.806. The van der Waals surface area contributed by atoms with Crippen LogP contribution in [0, 0.1) is 18.6 Å². The van der Waals surface area contributed by atoms with Crippen LogP contribution in [0.15, 0.2) is 52.7 Å². The minimum atomic E-state index is -0.555. The lowest BCUT2D eigenvalue weighted by Gasteiger charge is -2.01. The zero-order chi connectivity index (χ0) is 16.2. The van der Waals surface area contributed by atoms with Gasteiger partial charge < -0.3 is 0 Å². The zero-order valence-electron chi connectivity index (χ0n) is 12.6. The van der Waals surface area contributed by atoms with Gasteiger partial charge in [0, 0.05) is 28.5 Å². The second-order valence-electron chi connectivity index (χ2n) is 5.26. The summed E-state index contributed by atoms with van der Waals surface area (Å²) in [5.41, 5.74) is 3.39. The SMILES string of the molecule is Cc1ccc(Cc2nc(CSc3ccc(F)cc3F)cs2)cc1. The molecule has 23 heavy (non-hydrogen) atoms. The van der Waals surface area contributed by atoms with Crippen molar-refractivity contribution in [2.45, 2.75) is 24.0 Å². The molecule has 2 aromatic carbocycles. The smallest absolute Gasteiger partial charge is 0.139 e. The molecule has 0 bridgehead atoms. The van der Waals surface area contributed by atoms with Crippen molar-refractivity contribution in [2.75, 3.05) is 0 Å². The summed E-state index contributed by atoms with van der Waals surface area (Å²) in [6.45, 7) is 2.07. The number of hydrogen-bond acceptors (Lipinski definition) is 3. The van der Waals surface area contributed by atoms with Crippen LogP contribution in [0.1, 0.15) is 21.8 Å². The van der Waals surface area contributed by atoms with Crippen LogP contribution in [0.25, 0.3) is 0 Å². The number of halogens is 2. The van der Waals surface area contributed by atoms with Crippen molar-refractivity contribution in [3.63, 3.8) is 0 Å². The quantitative estimate of drug-likeness (QED) is 0.556. The largest absolute Gasteiger partial charge is 0.245 e. The molecular formula is C18H15F2NS2. The lowest BCUT2D eigenvalue weighted by atomic mass is 10.1. The second-order valence-corrected chi connectivity index (χ2v) is 7.22. The fraction of sp³-hybridized carbons (Fsp3) is 0.167. The summed E-state index contributed by atoms with van der Waals surface area (Å²) in [7, 11) is 0. The first kappa shape index (κ1) is 16.1. The zero-order valence-corrected chi connectivity index (χ0v) is 14.2. The van der Waals surface area contributed by atoms with Crippen LogP contribution in [-0.2, 0) is 12.2 Å². The van der Waals surface area contributed by atoms with Crippen LogP contribution in [-0.4, -0.2) is 4.98 Å². The van der Waals surface area contributed by atoms with E-state index in [2.05, 4.69) is 36.2 Å². The van der Waals surface area contributed by atoms with Crippen LogP contribution in [0.5, 0.6) is 0 Å². The molecule has 1 nitrogen and oxygen atoms in total. The van der Waals surface area contributed by atoms with E-state index in [0.29, 0.717) is 10.6 Å². The third-order valence-electron chi connectivity index (χ3n) is 3.34. The van der Waals surface area contributed by atoms with Crippen LogP contribution in [0.3, 0.4) is 0 Å². The lowest BCUT2D eigenvalue weighted by Crippen LogP contribution is -1.89. The molecule has 3 rings (SSSR count). The molecule has 0 saturated heterocycles. The van der Waals surface area contributed by atoms with Gasteiger partial charge in [-0.25, -0.2) is 13.8 Å². The maximum Gasteiger partial charge on any atom is 0.139 e. The van der Waals surface area contributed by atoms with E-state index in [1.165, 1.54) is 35.0 Å². The second kappa shape index (κ2) is 7.23. The van der Waals surface area contributed by atoms with Crippen molar-refractivity contribution in [3.05, 3.63) is 81.3 Å². The van der Waals surface area contributed by atoms with Crippen LogP contribution in [0.4, 0.5) is 8.78 Å². The van der Waals surface area contributed by atoms with Crippen molar-refractivity contribution >= 4 is 23.1 Å². The third-order valence-corrected chi connectivity index (χ3v) is 5.32. The predicted molar refractivity (Wildman–Crippen MR) is 92.0 cm³/mol. The Morgan fingerprint density at radius 1 is 1.09 bits per heavy atom. The number of aromatic nitrogens is 1. The summed E-state index contributed by atoms with van der Waals surface area (Å²) >= 11 is 2.95. The van der Waals surface area contributed by atoms with Gasteiger partial charge in [-0.3, -0.25) is 0 Å². The van der Waals surface area contributed by atoms with Crippen LogP contribution in [0.2, 0.25) is 0 Å². The van der Waals surface area contributed by atoms with Crippen molar-refractivity contribution in [3.8, 4) is 0 Å². The topological polar surface area (TPSA) is 12.9 Å². The van der Waals surface area contributed by atoms with Crippen molar-refractivity contribution in [1.29, 1.82) is 0 Å². The first-order valence-corrected chi connectivity index (χ1v) is 9.03. The van der Waals surface area contributed by atoms with Gasteiger partial charge in [0.2, 0.25) is 0 Å². The number of thioether (sulfide) groups is 1. The van der Waals surface area contributed by atoms with Gasteiger partial charge in [-0.1, -0.05) is 29.8 Å². The predicted octanol–water partition coefficient (Wildman–Crippen LogP) is 5.61. The molecule has 0 aliphatic carbocycles. The average molecular weight is 347 g/mol. The highest BCUT2D eigenvalue weighted by Gasteiger charge is 2.08. The molecule has 0 aliphatic heterocycles. The van der Waals surface area contributed by atoms with Crippen molar-refractivity contribution in [2.24, 2.45) is 0 Å². The molecule has 1 heterocycles. The number of nitrogens with zero attached hydrogens (tertiary/aromatic N) is 1. The molecule has 0 N–H and O–H groups in total. The molecule has 0 aliphatic rings. The third kappa shape index (κ3) is 4.39. The highest BCUT2D eigenvalue weighted by molar-refractivity contribution is 7.98. The highest BCUT2D eigenvalue weighted by atomic mass is 32.2. The van der Waals surface area contributed by atoms with Crippen LogP contribution >= 0.6 is 23.1 Å². The fourth-order valence-electron chi connectivity index (χ4n) is 2.12. The number of thiazole rings is 1. The van der Waals surface area contributed by atoms with Gasteiger partial charge in [0.25, 0.3) is 0 Å².